The first-order valence-corrected chi connectivity index (χ1v) is 9.09. The normalized spacial score (nSPS) is 17.4. The third-order valence-electron chi connectivity index (χ3n) is 4.79. The van der Waals surface area contributed by atoms with Gasteiger partial charge in [0.2, 0.25) is 0 Å². The number of piperazine rings is 1. The number of phenolic OH excluding ortho intramolecular Hbond substituents is 1. The standard InChI is InChI=1S/C19H33N3O/c1-5-21(6-2)16-7-8-17(19(23)14-16)18(13-15(3)4)22-11-9-20-10-12-22/h7-8,14-15,18,20,23H,5-6,9-13H2,1-4H3/t18-/m1/s1. The highest BCUT2D eigenvalue weighted by atomic mass is 16.3. The van der Waals surface area contributed by atoms with E-state index in [0.717, 1.165) is 56.9 Å². The molecule has 1 aromatic carbocycles. The minimum atomic E-state index is 0.308. The number of anilines is 1. The van der Waals surface area contributed by atoms with Gasteiger partial charge in [0, 0.05) is 62.6 Å². The van der Waals surface area contributed by atoms with Gasteiger partial charge >= 0.3 is 0 Å². The maximum atomic E-state index is 10.7. The van der Waals surface area contributed by atoms with Crippen molar-refractivity contribution in [3.8, 4) is 5.75 Å². The molecule has 0 unspecified atom stereocenters. The van der Waals surface area contributed by atoms with Gasteiger partial charge in [-0.05, 0) is 32.3 Å². The Morgan fingerprint density at radius 1 is 1.17 bits per heavy atom. The average molecular weight is 319 g/mol. The molecule has 1 atom stereocenters. The van der Waals surface area contributed by atoms with Crippen molar-refractivity contribution in [2.24, 2.45) is 5.92 Å². The predicted octanol–water partition coefficient (Wildman–Crippen LogP) is 3.23. The lowest BCUT2D eigenvalue weighted by atomic mass is 9.94. The molecule has 4 nitrogen and oxygen atoms in total. The topological polar surface area (TPSA) is 38.7 Å². The molecule has 1 aliphatic heterocycles. The van der Waals surface area contributed by atoms with Crippen LogP contribution in [0.15, 0.2) is 18.2 Å². The van der Waals surface area contributed by atoms with E-state index in [2.05, 4.69) is 54.9 Å². The third kappa shape index (κ3) is 4.61. The molecule has 0 amide bonds. The van der Waals surface area contributed by atoms with Gasteiger partial charge in [0.15, 0.2) is 0 Å². The van der Waals surface area contributed by atoms with E-state index >= 15 is 0 Å². The second-order valence-corrected chi connectivity index (χ2v) is 6.85. The Bertz CT molecular complexity index is 480. The fourth-order valence-electron chi connectivity index (χ4n) is 3.51. The molecule has 2 rings (SSSR count). The summed E-state index contributed by atoms with van der Waals surface area (Å²) in [6.45, 7) is 14.9. The molecular formula is C19H33N3O. The Hall–Kier alpha value is -1.26. The van der Waals surface area contributed by atoms with Crippen molar-refractivity contribution >= 4 is 5.69 Å². The Kier molecular flexibility index (Phi) is 6.72. The first-order chi connectivity index (χ1) is 11.1. The van der Waals surface area contributed by atoms with Crippen LogP contribution in [0.3, 0.4) is 0 Å². The quantitative estimate of drug-likeness (QED) is 0.809. The number of phenols is 1. The molecule has 1 aromatic rings. The van der Waals surface area contributed by atoms with Crippen molar-refractivity contribution in [1.82, 2.24) is 10.2 Å². The molecule has 23 heavy (non-hydrogen) atoms. The molecule has 1 saturated heterocycles. The van der Waals surface area contributed by atoms with Crippen LogP contribution in [0.1, 0.15) is 45.7 Å². The van der Waals surface area contributed by atoms with Gasteiger partial charge < -0.3 is 15.3 Å². The Morgan fingerprint density at radius 2 is 1.83 bits per heavy atom. The highest BCUT2D eigenvalue weighted by Gasteiger charge is 2.25. The molecule has 130 valence electrons. The van der Waals surface area contributed by atoms with Crippen molar-refractivity contribution in [1.29, 1.82) is 0 Å². The molecule has 0 radical (unpaired) electrons. The summed E-state index contributed by atoms with van der Waals surface area (Å²) in [6, 6.07) is 6.55. The molecule has 0 spiro atoms. The number of aromatic hydroxyl groups is 1. The van der Waals surface area contributed by atoms with E-state index in [1.54, 1.807) is 0 Å². The molecule has 1 aliphatic rings. The third-order valence-corrected chi connectivity index (χ3v) is 4.79. The minimum absolute atomic E-state index is 0.308. The van der Waals surface area contributed by atoms with Crippen LogP contribution in [0.25, 0.3) is 0 Å². The Balaban J connectivity index is 2.26. The van der Waals surface area contributed by atoms with Crippen molar-refractivity contribution in [2.45, 2.75) is 40.2 Å². The zero-order valence-corrected chi connectivity index (χ0v) is 15.2. The average Bonchev–Trinajstić information content (AvgIpc) is 2.55. The van der Waals surface area contributed by atoms with Gasteiger partial charge in [-0.2, -0.15) is 0 Å². The number of rotatable bonds is 7. The van der Waals surface area contributed by atoms with E-state index in [4.69, 9.17) is 0 Å². The first kappa shape index (κ1) is 18.1. The van der Waals surface area contributed by atoms with Crippen LogP contribution < -0.4 is 10.2 Å². The smallest absolute Gasteiger partial charge is 0.122 e. The molecule has 2 N–H and O–H groups in total. The SMILES string of the molecule is CCN(CC)c1ccc([C@@H](CC(C)C)N2CCNCC2)c(O)c1. The van der Waals surface area contributed by atoms with E-state index in [9.17, 15) is 5.11 Å². The summed E-state index contributed by atoms with van der Waals surface area (Å²) < 4.78 is 0. The van der Waals surface area contributed by atoms with E-state index < -0.39 is 0 Å². The zero-order chi connectivity index (χ0) is 16.8. The van der Waals surface area contributed by atoms with Gasteiger partial charge in [-0.15, -0.1) is 0 Å². The van der Waals surface area contributed by atoms with Crippen LogP contribution in [0.2, 0.25) is 0 Å². The van der Waals surface area contributed by atoms with Gasteiger partial charge in [0.1, 0.15) is 5.75 Å². The lowest BCUT2D eigenvalue weighted by molar-refractivity contribution is 0.151. The van der Waals surface area contributed by atoms with Crippen LogP contribution in [0, 0.1) is 5.92 Å². The molecule has 1 heterocycles. The first-order valence-electron chi connectivity index (χ1n) is 9.09. The van der Waals surface area contributed by atoms with E-state index in [0.29, 0.717) is 17.7 Å². The summed E-state index contributed by atoms with van der Waals surface area (Å²) in [4.78, 5) is 4.79. The van der Waals surface area contributed by atoms with E-state index in [1.807, 2.05) is 6.07 Å². The summed E-state index contributed by atoms with van der Waals surface area (Å²) in [5, 5.41) is 14.1. The molecule has 0 aliphatic carbocycles. The summed E-state index contributed by atoms with van der Waals surface area (Å²) in [5.41, 5.74) is 2.19. The predicted molar refractivity (Wildman–Crippen MR) is 98.3 cm³/mol. The van der Waals surface area contributed by atoms with Crippen molar-refractivity contribution in [3.63, 3.8) is 0 Å². The largest absolute Gasteiger partial charge is 0.508 e. The highest BCUT2D eigenvalue weighted by Crippen LogP contribution is 2.36. The monoisotopic (exact) mass is 319 g/mol. The zero-order valence-electron chi connectivity index (χ0n) is 15.2. The van der Waals surface area contributed by atoms with Crippen LogP contribution in [0.4, 0.5) is 5.69 Å². The summed E-state index contributed by atoms with van der Waals surface area (Å²) in [7, 11) is 0. The number of benzene rings is 1. The molecule has 0 saturated carbocycles. The second-order valence-electron chi connectivity index (χ2n) is 6.85. The maximum absolute atomic E-state index is 10.7. The van der Waals surface area contributed by atoms with E-state index in [1.165, 1.54) is 0 Å². The van der Waals surface area contributed by atoms with Crippen LogP contribution in [-0.4, -0.2) is 49.3 Å². The number of nitrogens with zero attached hydrogens (tertiary/aromatic N) is 2. The number of hydrogen-bond donors (Lipinski definition) is 2. The van der Waals surface area contributed by atoms with Gasteiger partial charge in [0.05, 0.1) is 0 Å². The van der Waals surface area contributed by atoms with Crippen LogP contribution in [0.5, 0.6) is 5.75 Å². The van der Waals surface area contributed by atoms with Crippen molar-refractivity contribution in [2.75, 3.05) is 44.2 Å². The minimum Gasteiger partial charge on any atom is -0.508 e. The highest BCUT2D eigenvalue weighted by molar-refractivity contribution is 5.54. The van der Waals surface area contributed by atoms with Crippen LogP contribution >= 0.6 is 0 Å². The fourth-order valence-corrected chi connectivity index (χ4v) is 3.51. The lowest BCUT2D eigenvalue weighted by Gasteiger charge is -2.36. The molecule has 4 heteroatoms. The Morgan fingerprint density at radius 3 is 2.35 bits per heavy atom. The maximum Gasteiger partial charge on any atom is 0.122 e. The second kappa shape index (κ2) is 8.55. The lowest BCUT2D eigenvalue weighted by Crippen LogP contribution is -2.45. The van der Waals surface area contributed by atoms with Gasteiger partial charge in [0.25, 0.3) is 0 Å². The molecule has 0 bridgehead atoms. The van der Waals surface area contributed by atoms with Crippen molar-refractivity contribution in [3.05, 3.63) is 23.8 Å². The van der Waals surface area contributed by atoms with Gasteiger partial charge in [-0.25, -0.2) is 0 Å². The molecular weight excluding hydrogens is 286 g/mol. The van der Waals surface area contributed by atoms with Crippen molar-refractivity contribution < 1.29 is 5.11 Å². The summed E-state index contributed by atoms with van der Waals surface area (Å²) in [5.74, 6) is 1.05. The molecule has 0 aromatic heterocycles. The summed E-state index contributed by atoms with van der Waals surface area (Å²) in [6.07, 6.45) is 1.08. The van der Waals surface area contributed by atoms with Gasteiger partial charge in [-0.1, -0.05) is 19.9 Å². The summed E-state index contributed by atoms with van der Waals surface area (Å²) >= 11 is 0. The fraction of sp³-hybridized carbons (Fsp3) is 0.684. The van der Waals surface area contributed by atoms with E-state index in [-0.39, 0.29) is 0 Å². The Labute approximate surface area is 141 Å². The number of nitrogens with one attached hydrogen (secondary N) is 1. The molecule has 1 fully saturated rings. The van der Waals surface area contributed by atoms with Crippen LogP contribution in [-0.2, 0) is 0 Å². The van der Waals surface area contributed by atoms with Gasteiger partial charge in [-0.3, -0.25) is 4.90 Å². The number of hydrogen-bond acceptors (Lipinski definition) is 4.